The molecule has 1 nitrogen and oxygen atoms in total. The first-order valence-electron chi connectivity index (χ1n) is 4.94. The summed E-state index contributed by atoms with van der Waals surface area (Å²) in [5, 5.41) is 1.95. The Balaban J connectivity index is 2.49. The van der Waals surface area contributed by atoms with E-state index in [1.165, 1.54) is 11.3 Å². The molecule has 0 saturated carbocycles. The third-order valence-electron chi connectivity index (χ3n) is 2.43. The number of benzene rings is 1. The second-order valence-electron chi connectivity index (χ2n) is 3.75. The predicted molar refractivity (Wildman–Crippen MR) is 71.4 cm³/mol. The Morgan fingerprint density at radius 1 is 1.25 bits per heavy atom. The molecule has 0 bridgehead atoms. The van der Waals surface area contributed by atoms with E-state index in [0.29, 0.717) is 0 Å². The third kappa shape index (κ3) is 2.11. The summed E-state index contributed by atoms with van der Waals surface area (Å²) in [6, 6.07) is 7.81. The van der Waals surface area contributed by atoms with Gasteiger partial charge in [-0.05, 0) is 43.0 Å². The van der Waals surface area contributed by atoms with Gasteiger partial charge < -0.3 is 0 Å². The van der Waals surface area contributed by atoms with Gasteiger partial charge in [0.05, 0.1) is 4.88 Å². The summed E-state index contributed by atoms with van der Waals surface area (Å²) in [7, 11) is 0. The van der Waals surface area contributed by atoms with Crippen molar-refractivity contribution >= 4 is 33.0 Å². The number of carbonyl (C=O) groups is 1. The molecule has 0 N–H and O–H groups in total. The number of hydrogen-bond acceptors (Lipinski definition) is 2. The summed E-state index contributed by atoms with van der Waals surface area (Å²) in [4.78, 5) is 13.1. The SMILES string of the molecule is Cc1ccc(Br)c(C(=O)c2sccc2C)c1. The first kappa shape index (κ1) is 11.6. The van der Waals surface area contributed by atoms with Crippen LogP contribution < -0.4 is 0 Å². The van der Waals surface area contributed by atoms with Crippen LogP contribution in [0, 0.1) is 13.8 Å². The van der Waals surface area contributed by atoms with Crippen LogP contribution in [0.2, 0.25) is 0 Å². The number of ketones is 1. The van der Waals surface area contributed by atoms with Crippen molar-refractivity contribution < 1.29 is 4.79 Å². The largest absolute Gasteiger partial charge is 0.288 e. The summed E-state index contributed by atoms with van der Waals surface area (Å²) in [5.41, 5.74) is 2.88. The Hall–Kier alpha value is -0.930. The van der Waals surface area contributed by atoms with Gasteiger partial charge >= 0.3 is 0 Å². The molecule has 0 aliphatic rings. The minimum Gasteiger partial charge on any atom is -0.288 e. The van der Waals surface area contributed by atoms with Crippen molar-refractivity contribution in [1.82, 2.24) is 0 Å². The van der Waals surface area contributed by atoms with Crippen LogP contribution in [0.4, 0.5) is 0 Å². The van der Waals surface area contributed by atoms with Crippen molar-refractivity contribution in [3.05, 3.63) is 55.7 Å². The maximum absolute atomic E-state index is 12.3. The van der Waals surface area contributed by atoms with Gasteiger partial charge in [-0.25, -0.2) is 0 Å². The quantitative estimate of drug-likeness (QED) is 0.752. The maximum Gasteiger partial charge on any atom is 0.204 e. The summed E-state index contributed by atoms with van der Waals surface area (Å²) < 4.78 is 0.857. The van der Waals surface area contributed by atoms with E-state index >= 15 is 0 Å². The fraction of sp³-hybridized carbons (Fsp3) is 0.154. The fourth-order valence-electron chi connectivity index (χ4n) is 1.54. The zero-order chi connectivity index (χ0) is 11.7. The lowest BCUT2D eigenvalue weighted by atomic mass is 10.1. The number of halogens is 1. The molecule has 1 heterocycles. The van der Waals surface area contributed by atoms with E-state index in [0.717, 1.165) is 26.0 Å². The molecule has 82 valence electrons. The van der Waals surface area contributed by atoms with E-state index in [4.69, 9.17) is 0 Å². The van der Waals surface area contributed by atoms with E-state index in [-0.39, 0.29) is 5.78 Å². The zero-order valence-electron chi connectivity index (χ0n) is 9.08. The van der Waals surface area contributed by atoms with Crippen molar-refractivity contribution in [2.24, 2.45) is 0 Å². The Kier molecular flexibility index (Phi) is 3.26. The number of thiophene rings is 1. The molecule has 3 heteroatoms. The van der Waals surface area contributed by atoms with Crippen LogP contribution in [0.5, 0.6) is 0 Å². The van der Waals surface area contributed by atoms with Gasteiger partial charge in [-0.15, -0.1) is 11.3 Å². The van der Waals surface area contributed by atoms with Crippen molar-refractivity contribution in [3.8, 4) is 0 Å². The molecular formula is C13H11BrOS. The normalized spacial score (nSPS) is 10.4. The molecule has 2 aromatic rings. The van der Waals surface area contributed by atoms with Crippen molar-refractivity contribution in [2.45, 2.75) is 13.8 Å². The van der Waals surface area contributed by atoms with Gasteiger partial charge in [0.15, 0.2) is 0 Å². The molecule has 0 radical (unpaired) electrons. The van der Waals surface area contributed by atoms with Crippen LogP contribution in [0.3, 0.4) is 0 Å². The maximum atomic E-state index is 12.3. The number of hydrogen-bond donors (Lipinski definition) is 0. The Bertz CT molecular complexity index is 543. The van der Waals surface area contributed by atoms with Crippen LogP contribution in [-0.4, -0.2) is 5.78 Å². The zero-order valence-corrected chi connectivity index (χ0v) is 11.5. The summed E-state index contributed by atoms with van der Waals surface area (Å²) in [6.45, 7) is 3.96. The highest BCUT2D eigenvalue weighted by molar-refractivity contribution is 9.10. The van der Waals surface area contributed by atoms with Gasteiger partial charge in [0.25, 0.3) is 0 Å². The molecule has 0 spiro atoms. The molecule has 0 amide bonds. The molecule has 0 unspecified atom stereocenters. The topological polar surface area (TPSA) is 17.1 Å². The minimum absolute atomic E-state index is 0.100. The van der Waals surface area contributed by atoms with Crippen LogP contribution >= 0.6 is 27.3 Å². The molecule has 2 rings (SSSR count). The van der Waals surface area contributed by atoms with Gasteiger partial charge in [0.2, 0.25) is 5.78 Å². The average molecular weight is 295 g/mol. The molecule has 0 fully saturated rings. The van der Waals surface area contributed by atoms with Gasteiger partial charge in [0.1, 0.15) is 0 Å². The van der Waals surface area contributed by atoms with E-state index in [1.54, 1.807) is 0 Å². The van der Waals surface area contributed by atoms with E-state index < -0.39 is 0 Å². The Labute approximate surface area is 107 Å². The lowest BCUT2D eigenvalue weighted by Gasteiger charge is -2.04. The van der Waals surface area contributed by atoms with Gasteiger partial charge in [-0.3, -0.25) is 4.79 Å². The number of carbonyl (C=O) groups excluding carboxylic acids is 1. The molecule has 0 aliphatic carbocycles. The first-order valence-corrected chi connectivity index (χ1v) is 6.62. The van der Waals surface area contributed by atoms with Crippen LogP contribution in [-0.2, 0) is 0 Å². The Morgan fingerprint density at radius 3 is 2.62 bits per heavy atom. The van der Waals surface area contributed by atoms with Crippen molar-refractivity contribution in [2.75, 3.05) is 0 Å². The van der Waals surface area contributed by atoms with Crippen LogP contribution in [0.15, 0.2) is 34.1 Å². The average Bonchev–Trinajstić information content (AvgIpc) is 2.67. The second kappa shape index (κ2) is 4.52. The molecule has 1 aromatic carbocycles. The summed E-state index contributed by atoms with van der Waals surface area (Å²) in [5.74, 6) is 0.100. The van der Waals surface area contributed by atoms with Gasteiger partial charge in [0, 0.05) is 10.0 Å². The van der Waals surface area contributed by atoms with Crippen LogP contribution in [0.1, 0.15) is 26.4 Å². The lowest BCUT2D eigenvalue weighted by Crippen LogP contribution is -2.01. The van der Waals surface area contributed by atoms with E-state index in [9.17, 15) is 4.79 Å². The summed E-state index contributed by atoms with van der Waals surface area (Å²) >= 11 is 4.92. The number of aryl methyl sites for hydroxylation is 2. The summed E-state index contributed by atoms with van der Waals surface area (Å²) in [6.07, 6.45) is 0. The molecule has 0 aliphatic heterocycles. The molecule has 0 saturated heterocycles. The number of rotatable bonds is 2. The fourth-order valence-corrected chi connectivity index (χ4v) is 2.85. The van der Waals surface area contributed by atoms with Crippen molar-refractivity contribution in [1.29, 1.82) is 0 Å². The molecule has 1 aromatic heterocycles. The standard InChI is InChI=1S/C13H11BrOS/c1-8-3-4-11(14)10(7-8)12(15)13-9(2)5-6-16-13/h3-7H,1-2H3. The van der Waals surface area contributed by atoms with Gasteiger partial charge in [-0.2, -0.15) is 0 Å². The highest BCUT2D eigenvalue weighted by Gasteiger charge is 2.15. The van der Waals surface area contributed by atoms with Gasteiger partial charge in [-0.1, -0.05) is 27.6 Å². The first-order chi connectivity index (χ1) is 7.59. The molecule has 16 heavy (non-hydrogen) atoms. The molecule has 0 atom stereocenters. The smallest absolute Gasteiger partial charge is 0.204 e. The highest BCUT2D eigenvalue weighted by atomic mass is 79.9. The van der Waals surface area contributed by atoms with Crippen LogP contribution in [0.25, 0.3) is 0 Å². The Morgan fingerprint density at radius 2 is 2.00 bits per heavy atom. The third-order valence-corrected chi connectivity index (χ3v) is 4.14. The molecular weight excluding hydrogens is 284 g/mol. The van der Waals surface area contributed by atoms with Crippen molar-refractivity contribution in [3.63, 3.8) is 0 Å². The van der Waals surface area contributed by atoms with E-state index in [2.05, 4.69) is 15.9 Å². The lowest BCUT2D eigenvalue weighted by molar-refractivity contribution is 0.104. The second-order valence-corrected chi connectivity index (χ2v) is 5.52. The predicted octanol–water partition coefficient (Wildman–Crippen LogP) is 4.36. The minimum atomic E-state index is 0.100. The van der Waals surface area contributed by atoms with E-state index in [1.807, 2.05) is 43.5 Å². The monoisotopic (exact) mass is 294 g/mol. The highest BCUT2D eigenvalue weighted by Crippen LogP contribution is 2.25.